The van der Waals surface area contributed by atoms with E-state index >= 15 is 0 Å². The zero-order chi connectivity index (χ0) is 15.3. The quantitative estimate of drug-likeness (QED) is 0.819. The normalized spacial score (nSPS) is 10.7. The highest BCUT2D eigenvalue weighted by molar-refractivity contribution is 7.80. The number of halogens is 1. The lowest BCUT2D eigenvalue weighted by atomic mass is 10.1. The molecule has 0 atom stereocenters. The molecule has 1 aromatic rings. The fourth-order valence-electron chi connectivity index (χ4n) is 2.00. The Morgan fingerprint density at radius 3 is 2.60 bits per heavy atom. The monoisotopic (exact) mass is 312 g/mol. The third kappa shape index (κ3) is 5.10. The lowest BCUT2D eigenvalue weighted by Crippen LogP contribution is -2.36. The van der Waals surface area contributed by atoms with Crippen LogP contribution in [0.1, 0.15) is 36.2 Å². The van der Waals surface area contributed by atoms with Gasteiger partial charge in [0.05, 0.1) is 4.99 Å². The molecule has 0 radical (unpaired) electrons. The highest BCUT2D eigenvalue weighted by Gasteiger charge is 2.18. The summed E-state index contributed by atoms with van der Waals surface area (Å²) in [5, 5.41) is 0.637. The summed E-state index contributed by atoms with van der Waals surface area (Å²) in [5.74, 6) is 0.391. The van der Waals surface area contributed by atoms with Crippen molar-refractivity contribution in [3.63, 3.8) is 0 Å². The molecule has 110 valence electrons. The van der Waals surface area contributed by atoms with E-state index in [9.17, 15) is 4.79 Å². The molecule has 0 unspecified atom stereocenters. The number of nitrogens with two attached hydrogens (primary N) is 1. The van der Waals surface area contributed by atoms with Crippen LogP contribution in [0.5, 0.6) is 0 Å². The molecule has 0 spiro atoms. The first-order chi connectivity index (χ1) is 9.31. The first-order valence-corrected chi connectivity index (χ1v) is 7.43. The number of rotatable bonds is 6. The molecule has 0 bridgehead atoms. The van der Waals surface area contributed by atoms with Crippen molar-refractivity contribution in [2.24, 2.45) is 11.7 Å². The van der Waals surface area contributed by atoms with Crippen LogP contribution < -0.4 is 5.73 Å². The summed E-state index contributed by atoms with van der Waals surface area (Å²) in [5.41, 5.74) is 7.10. The minimum atomic E-state index is 0.00381. The lowest BCUT2D eigenvalue weighted by Gasteiger charge is -2.25. The van der Waals surface area contributed by atoms with Gasteiger partial charge in [-0.15, -0.1) is 0 Å². The van der Waals surface area contributed by atoms with Crippen molar-refractivity contribution in [1.29, 1.82) is 0 Å². The molecule has 0 aromatic heterocycles. The van der Waals surface area contributed by atoms with Gasteiger partial charge in [-0.2, -0.15) is 0 Å². The summed E-state index contributed by atoms with van der Waals surface area (Å²) < 4.78 is 0. The fraction of sp³-hybridized carbons (Fsp3) is 0.467. The van der Waals surface area contributed by atoms with Gasteiger partial charge in [-0.1, -0.05) is 37.7 Å². The molecule has 0 aliphatic heterocycles. The SMILES string of the molecule is Cc1cc(Cl)ccc1C(=O)N(CCC(N)=S)CC(C)C. The van der Waals surface area contributed by atoms with E-state index in [4.69, 9.17) is 29.6 Å². The molecule has 0 aliphatic rings. The highest BCUT2D eigenvalue weighted by Crippen LogP contribution is 2.17. The number of hydrogen-bond donors (Lipinski definition) is 1. The van der Waals surface area contributed by atoms with Crippen molar-refractivity contribution in [1.82, 2.24) is 4.90 Å². The number of aryl methyl sites for hydroxylation is 1. The molecular weight excluding hydrogens is 292 g/mol. The van der Waals surface area contributed by atoms with E-state index in [0.29, 0.717) is 41.0 Å². The summed E-state index contributed by atoms with van der Waals surface area (Å²) in [7, 11) is 0. The van der Waals surface area contributed by atoms with Crippen molar-refractivity contribution < 1.29 is 4.79 Å². The van der Waals surface area contributed by atoms with Gasteiger partial charge in [0.15, 0.2) is 0 Å². The van der Waals surface area contributed by atoms with E-state index in [1.165, 1.54) is 0 Å². The molecule has 1 rings (SSSR count). The molecule has 20 heavy (non-hydrogen) atoms. The summed E-state index contributed by atoms with van der Waals surface area (Å²) in [4.78, 5) is 14.9. The Hall–Kier alpha value is -1.13. The van der Waals surface area contributed by atoms with Crippen LogP contribution in [0.15, 0.2) is 18.2 Å². The number of benzene rings is 1. The Morgan fingerprint density at radius 1 is 1.45 bits per heavy atom. The van der Waals surface area contributed by atoms with Crippen LogP contribution >= 0.6 is 23.8 Å². The Kier molecular flexibility index (Phi) is 6.43. The summed E-state index contributed by atoms with van der Waals surface area (Å²) in [6, 6.07) is 5.31. The molecule has 1 aromatic carbocycles. The van der Waals surface area contributed by atoms with E-state index in [1.807, 2.05) is 6.92 Å². The van der Waals surface area contributed by atoms with Crippen LogP contribution in [0.3, 0.4) is 0 Å². The minimum absolute atomic E-state index is 0.00381. The third-order valence-electron chi connectivity index (χ3n) is 2.92. The zero-order valence-corrected chi connectivity index (χ0v) is 13.7. The molecule has 3 nitrogen and oxygen atoms in total. The van der Waals surface area contributed by atoms with Crippen LogP contribution in [0, 0.1) is 12.8 Å². The van der Waals surface area contributed by atoms with Crippen molar-refractivity contribution in [3.05, 3.63) is 34.3 Å². The maximum Gasteiger partial charge on any atom is 0.254 e. The van der Waals surface area contributed by atoms with Crippen LogP contribution in [0.4, 0.5) is 0 Å². The van der Waals surface area contributed by atoms with Gasteiger partial charge in [-0.3, -0.25) is 4.79 Å². The molecule has 0 saturated heterocycles. The maximum atomic E-state index is 12.6. The van der Waals surface area contributed by atoms with E-state index in [2.05, 4.69) is 13.8 Å². The van der Waals surface area contributed by atoms with Crippen molar-refractivity contribution in [3.8, 4) is 0 Å². The fourth-order valence-corrected chi connectivity index (χ4v) is 2.32. The molecule has 1 amide bonds. The van der Waals surface area contributed by atoms with Crippen LogP contribution in [-0.2, 0) is 0 Å². The van der Waals surface area contributed by atoms with Gasteiger partial charge in [0.2, 0.25) is 0 Å². The predicted molar refractivity (Wildman–Crippen MR) is 88.3 cm³/mol. The van der Waals surface area contributed by atoms with Crippen LogP contribution in [0.2, 0.25) is 5.02 Å². The average Bonchev–Trinajstić information content (AvgIpc) is 2.33. The highest BCUT2D eigenvalue weighted by atomic mass is 35.5. The second kappa shape index (κ2) is 7.60. The van der Waals surface area contributed by atoms with Crippen LogP contribution in [-0.4, -0.2) is 28.9 Å². The molecule has 0 saturated carbocycles. The number of thiocarbonyl (C=S) groups is 1. The van der Waals surface area contributed by atoms with E-state index in [-0.39, 0.29) is 5.91 Å². The summed E-state index contributed by atoms with van der Waals surface area (Å²) in [6.45, 7) is 7.28. The Labute approximate surface area is 131 Å². The second-order valence-electron chi connectivity index (χ2n) is 5.32. The number of hydrogen-bond acceptors (Lipinski definition) is 2. The summed E-state index contributed by atoms with van der Waals surface area (Å²) >= 11 is 10.8. The van der Waals surface area contributed by atoms with E-state index in [1.54, 1.807) is 23.1 Å². The number of carbonyl (C=O) groups is 1. The molecule has 0 heterocycles. The first-order valence-electron chi connectivity index (χ1n) is 6.65. The van der Waals surface area contributed by atoms with Gasteiger partial charge in [0.25, 0.3) is 5.91 Å². The topological polar surface area (TPSA) is 46.3 Å². The van der Waals surface area contributed by atoms with Gasteiger partial charge in [-0.25, -0.2) is 0 Å². The van der Waals surface area contributed by atoms with Crippen molar-refractivity contribution in [2.75, 3.05) is 13.1 Å². The van der Waals surface area contributed by atoms with Gasteiger partial charge in [-0.05, 0) is 36.6 Å². The molecule has 0 aliphatic carbocycles. The molecule has 0 fully saturated rings. The average molecular weight is 313 g/mol. The van der Waals surface area contributed by atoms with E-state index < -0.39 is 0 Å². The summed E-state index contributed by atoms with van der Waals surface area (Å²) in [6.07, 6.45) is 0.542. The van der Waals surface area contributed by atoms with Gasteiger partial charge < -0.3 is 10.6 Å². The molecule has 5 heteroatoms. The zero-order valence-electron chi connectivity index (χ0n) is 12.1. The number of nitrogens with zero attached hydrogens (tertiary/aromatic N) is 1. The number of carbonyl (C=O) groups excluding carboxylic acids is 1. The largest absolute Gasteiger partial charge is 0.393 e. The minimum Gasteiger partial charge on any atom is -0.393 e. The first kappa shape index (κ1) is 16.9. The Balaban J connectivity index is 2.93. The second-order valence-corrected chi connectivity index (χ2v) is 6.28. The molecular formula is C15H21ClN2OS. The van der Waals surface area contributed by atoms with Crippen molar-refractivity contribution in [2.45, 2.75) is 27.2 Å². The lowest BCUT2D eigenvalue weighted by molar-refractivity contribution is 0.0740. The third-order valence-corrected chi connectivity index (χ3v) is 3.36. The van der Waals surface area contributed by atoms with Gasteiger partial charge in [0.1, 0.15) is 0 Å². The maximum absolute atomic E-state index is 12.6. The van der Waals surface area contributed by atoms with Gasteiger partial charge >= 0.3 is 0 Å². The smallest absolute Gasteiger partial charge is 0.254 e. The standard InChI is InChI=1S/C15H21ClN2OS/c1-10(2)9-18(7-6-14(17)20)15(19)13-5-4-12(16)8-11(13)3/h4-5,8,10H,6-7,9H2,1-3H3,(H2,17,20). The van der Waals surface area contributed by atoms with E-state index in [0.717, 1.165) is 5.56 Å². The van der Waals surface area contributed by atoms with Crippen molar-refractivity contribution >= 4 is 34.7 Å². The predicted octanol–water partition coefficient (Wildman–Crippen LogP) is 3.42. The molecule has 2 N–H and O–H groups in total. The number of amides is 1. The van der Waals surface area contributed by atoms with Crippen LogP contribution in [0.25, 0.3) is 0 Å². The van der Waals surface area contributed by atoms with Gasteiger partial charge in [0, 0.05) is 30.1 Å². The Bertz CT molecular complexity index is 503. The Morgan fingerprint density at radius 2 is 2.10 bits per heavy atom.